The monoisotopic (exact) mass is 495 g/mol. The molecule has 10 heteroatoms. The molecule has 1 aliphatic carbocycles. The van der Waals surface area contributed by atoms with Crippen molar-refractivity contribution in [2.75, 3.05) is 6.54 Å². The van der Waals surface area contributed by atoms with Crippen LogP contribution in [0.4, 0.5) is 13.2 Å². The fourth-order valence-corrected chi connectivity index (χ4v) is 6.33. The molecular weight excluding hydrogens is 467 g/mol. The highest BCUT2D eigenvalue weighted by Gasteiger charge is 2.61. The summed E-state index contributed by atoms with van der Waals surface area (Å²) < 4.78 is 68.3. The summed E-state index contributed by atoms with van der Waals surface area (Å²) in [5, 5.41) is 6.18. The molecule has 2 aromatic carbocycles. The topological polar surface area (TPSA) is 87.3 Å². The first-order chi connectivity index (χ1) is 16.1. The average molecular weight is 496 g/mol. The highest BCUT2D eigenvalue weighted by molar-refractivity contribution is 7.90. The van der Waals surface area contributed by atoms with E-state index >= 15 is 0 Å². The van der Waals surface area contributed by atoms with E-state index in [2.05, 4.69) is 15.4 Å². The summed E-state index contributed by atoms with van der Waals surface area (Å²) in [4.78, 5) is 13.4. The van der Waals surface area contributed by atoms with Crippen LogP contribution in [0.5, 0.6) is 0 Å². The summed E-state index contributed by atoms with van der Waals surface area (Å²) in [5.74, 6) is -0.352. The van der Waals surface area contributed by atoms with Gasteiger partial charge in [-0.15, -0.1) is 0 Å². The van der Waals surface area contributed by atoms with Gasteiger partial charge in [-0.3, -0.25) is 4.79 Å². The molecule has 2 aliphatic rings. The van der Waals surface area contributed by atoms with Gasteiger partial charge in [0.2, 0.25) is 5.91 Å². The number of hydrogen-bond donors (Lipinski definition) is 3. The van der Waals surface area contributed by atoms with Gasteiger partial charge < -0.3 is 10.6 Å². The zero-order valence-corrected chi connectivity index (χ0v) is 19.4. The van der Waals surface area contributed by atoms with Crippen molar-refractivity contribution in [3.05, 3.63) is 71.8 Å². The molecule has 2 aromatic rings. The second kappa shape index (κ2) is 9.31. The Morgan fingerprint density at radius 1 is 0.882 bits per heavy atom. The van der Waals surface area contributed by atoms with Crippen molar-refractivity contribution < 1.29 is 26.4 Å². The Bertz CT molecular complexity index is 1110. The minimum atomic E-state index is -5.75. The van der Waals surface area contributed by atoms with Gasteiger partial charge >= 0.3 is 15.5 Å². The molecule has 6 nitrogen and oxygen atoms in total. The maximum atomic E-state index is 13.7. The molecule has 1 amide bonds. The quantitative estimate of drug-likeness (QED) is 0.571. The van der Waals surface area contributed by atoms with Gasteiger partial charge in [0.05, 0.1) is 17.1 Å². The van der Waals surface area contributed by atoms with Gasteiger partial charge in [0.15, 0.2) is 0 Å². The number of carbonyl (C=O) groups excluding carboxylic acids is 1. The van der Waals surface area contributed by atoms with Crippen LogP contribution in [0.15, 0.2) is 60.7 Å². The number of carbonyl (C=O) groups is 1. The third-order valence-corrected chi connectivity index (χ3v) is 8.17. The SMILES string of the molecule is O=C(N[C@]1(c2ccccc2)CCCC[C@]1(NS(=O)(=O)C(F)(F)F)c1ccccc1)[C@H]1CCCN1. The van der Waals surface area contributed by atoms with Crippen molar-refractivity contribution in [2.45, 2.75) is 61.2 Å². The van der Waals surface area contributed by atoms with Crippen molar-refractivity contribution in [3.63, 3.8) is 0 Å². The van der Waals surface area contributed by atoms with Crippen LogP contribution in [0.25, 0.3) is 0 Å². The smallest absolute Gasteiger partial charge is 0.343 e. The highest BCUT2D eigenvalue weighted by Crippen LogP contribution is 2.52. The first kappa shape index (κ1) is 24.7. The number of alkyl halides is 3. The number of rotatable bonds is 6. The van der Waals surface area contributed by atoms with Gasteiger partial charge in [-0.1, -0.05) is 73.5 Å². The van der Waals surface area contributed by atoms with Crippen LogP contribution >= 0.6 is 0 Å². The molecular formula is C24H28F3N3O3S. The predicted octanol–water partition coefficient (Wildman–Crippen LogP) is 3.66. The van der Waals surface area contributed by atoms with E-state index in [-0.39, 0.29) is 18.7 Å². The van der Waals surface area contributed by atoms with E-state index in [1.54, 1.807) is 60.7 Å². The molecule has 0 spiro atoms. The Kier molecular flexibility index (Phi) is 6.76. The second-order valence-corrected chi connectivity index (χ2v) is 10.6. The fourth-order valence-electron chi connectivity index (χ4n) is 5.37. The Balaban J connectivity index is 1.96. The summed E-state index contributed by atoms with van der Waals surface area (Å²) >= 11 is 0. The molecule has 1 saturated heterocycles. The lowest BCUT2D eigenvalue weighted by molar-refractivity contribution is -0.127. The van der Waals surface area contributed by atoms with Crippen LogP contribution in [-0.4, -0.2) is 32.4 Å². The lowest BCUT2D eigenvalue weighted by Crippen LogP contribution is -2.70. The molecule has 34 heavy (non-hydrogen) atoms. The fraction of sp³-hybridized carbons (Fsp3) is 0.458. The summed E-state index contributed by atoms with van der Waals surface area (Å²) in [5.41, 5.74) is -7.78. The van der Waals surface area contributed by atoms with E-state index in [4.69, 9.17) is 0 Å². The van der Waals surface area contributed by atoms with Crippen LogP contribution in [0.3, 0.4) is 0 Å². The number of benzene rings is 2. The van der Waals surface area contributed by atoms with E-state index in [0.717, 1.165) is 6.42 Å². The van der Waals surface area contributed by atoms with Crippen molar-refractivity contribution in [3.8, 4) is 0 Å². The molecule has 0 aromatic heterocycles. The zero-order chi connectivity index (χ0) is 24.5. The van der Waals surface area contributed by atoms with Crippen molar-refractivity contribution in [1.29, 1.82) is 0 Å². The van der Waals surface area contributed by atoms with Gasteiger partial charge in [0.25, 0.3) is 0 Å². The van der Waals surface area contributed by atoms with Crippen LogP contribution in [0.2, 0.25) is 0 Å². The van der Waals surface area contributed by atoms with Crippen LogP contribution in [0.1, 0.15) is 49.7 Å². The maximum Gasteiger partial charge on any atom is 0.511 e. The molecule has 3 N–H and O–H groups in total. The van der Waals surface area contributed by atoms with Gasteiger partial charge in [-0.05, 0) is 43.4 Å². The molecule has 1 heterocycles. The van der Waals surface area contributed by atoms with Crippen molar-refractivity contribution in [1.82, 2.24) is 15.4 Å². The molecule has 0 radical (unpaired) electrons. The molecule has 4 rings (SSSR count). The molecule has 0 bridgehead atoms. The third kappa shape index (κ3) is 4.34. The van der Waals surface area contributed by atoms with E-state index in [9.17, 15) is 26.4 Å². The minimum Gasteiger partial charge on any atom is -0.343 e. The molecule has 184 valence electrons. The lowest BCUT2D eigenvalue weighted by atomic mass is 9.61. The Morgan fingerprint density at radius 2 is 1.41 bits per heavy atom. The molecule has 1 aliphatic heterocycles. The van der Waals surface area contributed by atoms with Crippen LogP contribution in [0, 0.1) is 0 Å². The summed E-state index contributed by atoms with van der Waals surface area (Å²) in [6.45, 7) is 0.668. The number of halogens is 3. The van der Waals surface area contributed by atoms with Crippen LogP contribution in [-0.2, 0) is 25.9 Å². The predicted molar refractivity (Wildman–Crippen MR) is 122 cm³/mol. The Morgan fingerprint density at radius 3 is 1.91 bits per heavy atom. The standard InChI is InChI=1S/C24H28F3N3O3S/c25-24(26,27)34(32,33)30-23(19-12-5-2-6-13-19)16-8-7-15-22(23,18-10-3-1-4-11-18)29-21(31)20-14-9-17-28-20/h1-6,10-13,20,28,30H,7-9,14-17H2,(H,29,31)/t20-,22+,23+/m1/s1. The van der Waals surface area contributed by atoms with E-state index < -0.39 is 32.7 Å². The highest BCUT2D eigenvalue weighted by atomic mass is 32.2. The van der Waals surface area contributed by atoms with Gasteiger partial charge in [0, 0.05) is 0 Å². The molecule has 0 unspecified atom stereocenters. The molecule has 1 saturated carbocycles. The second-order valence-electron chi connectivity index (χ2n) is 8.94. The maximum absolute atomic E-state index is 13.7. The van der Waals surface area contributed by atoms with Crippen molar-refractivity contribution >= 4 is 15.9 Å². The Hall–Kier alpha value is -2.43. The first-order valence-corrected chi connectivity index (χ1v) is 12.9. The van der Waals surface area contributed by atoms with E-state index in [1.807, 2.05) is 0 Å². The largest absolute Gasteiger partial charge is 0.511 e. The normalized spacial score (nSPS) is 27.9. The van der Waals surface area contributed by atoms with Crippen LogP contribution < -0.4 is 15.4 Å². The number of hydrogen-bond acceptors (Lipinski definition) is 4. The van der Waals surface area contributed by atoms with Gasteiger partial charge in [-0.25, -0.2) is 8.42 Å². The average Bonchev–Trinajstić information content (AvgIpc) is 3.36. The summed E-state index contributed by atoms with van der Waals surface area (Å²) in [6.07, 6.45) is 2.85. The number of sulfonamides is 1. The third-order valence-electron chi connectivity index (χ3n) is 6.94. The first-order valence-electron chi connectivity index (χ1n) is 11.4. The van der Waals surface area contributed by atoms with Gasteiger partial charge in [0.1, 0.15) is 0 Å². The number of amides is 1. The lowest BCUT2D eigenvalue weighted by Gasteiger charge is -2.55. The Labute approximate surface area is 197 Å². The summed E-state index contributed by atoms with van der Waals surface area (Å²) in [7, 11) is -5.75. The van der Waals surface area contributed by atoms with E-state index in [0.29, 0.717) is 36.9 Å². The minimum absolute atomic E-state index is 0.0829. The van der Waals surface area contributed by atoms with Gasteiger partial charge in [-0.2, -0.15) is 17.9 Å². The zero-order valence-electron chi connectivity index (χ0n) is 18.6. The summed E-state index contributed by atoms with van der Waals surface area (Å²) in [6, 6.07) is 16.5. The van der Waals surface area contributed by atoms with E-state index in [1.165, 1.54) is 0 Å². The van der Waals surface area contributed by atoms with Crippen molar-refractivity contribution in [2.24, 2.45) is 0 Å². The number of nitrogens with one attached hydrogen (secondary N) is 3. The molecule has 3 atom stereocenters. The molecule has 2 fully saturated rings.